The van der Waals surface area contributed by atoms with E-state index in [4.69, 9.17) is 0 Å². The van der Waals surface area contributed by atoms with E-state index in [1.807, 2.05) is 0 Å². The van der Waals surface area contributed by atoms with Crippen molar-refractivity contribution in [1.82, 2.24) is 0 Å². The first kappa shape index (κ1) is 13.9. The third kappa shape index (κ3) is 2.48. The fourth-order valence-electron chi connectivity index (χ4n) is 2.22. The van der Waals surface area contributed by atoms with Gasteiger partial charge in [0.25, 0.3) is 0 Å². The third-order valence-corrected chi connectivity index (χ3v) is 3.09. The molecule has 14 heavy (non-hydrogen) atoms. The van der Waals surface area contributed by atoms with Crippen molar-refractivity contribution in [3.05, 3.63) is 42.8 Å². The SMILES string of the molecule is CC1CCC(C)c2ccccc21.[CH3-].[W]. The average Bonchev–Trinajstić information content (AvgIpc) is 2.12. The number of rotatable bonds is 0. The van der Waals surface area contributed by atoms with Gasteiger partial charge in [0.15, 0.2) is 0 Å². The van der Waals surface area contributed by atoms with Crippen molar-refractivity contribution in [2.45, 2.75) is 38.5 Å². The molecule has 0 fully saturated rings. The van der Waals surface area contributed by atoms with Crippen LogP contribution in [-0.4, -0.2) is 0 Å². The van der Waals surface area contributed by atoms with Gasteiger partial charge >= 0.3 is 0 Å². The van der Waals surface area contributed by atoms with Crippen LogP contribution in [0.25, 0.3) is 0 Å². The Morgan fingerprint density at radius 1 is 0.929 bits per heavy atom. The molecule has 0 heterocycles. The summed E-state index contributed by atoms with van der Waals surface area (Å²) in [4.78, 5) is 0. The predicted octanol–water partition coefficient (Wildman–Crippen LogP) is 4.14. The smallest absolute Gasteiger partial charge is 0 e. The fourth-order valence-corrected chi connectivity index (χ4v) is 2.22. The Labute approximate surface area is 102 Å². The van der Waals surface area contributed by atoms with Gasteiger partial charge in [-0.1, -0.05) is 38.1 Å². The van der Waals surface area contributed by atoms with E-state index in [1.54, 1.807) is 11.1 Å². The van der Waals surface area contributed by atoms with Crippen molar-refractivity contribution in [3.63, 3.8) is 0 Å². The summed E-state index contributed by atoms with van der Waals surface area (Å²) in [5, 5.41) is 0. The Morgan fingerprint density at radius 2 is 1.29 bits per heavy atom. The van der Waals surface area contributed by atoms with Crippen LogP contribution in [0.2, 0.25) is 0 Å². The minimum atomic E-state index is 0. The molecule has 2 unspecified atom stereocenters. The van der Waals surface area contributed by atoms with E-state index in [1.165, 1.54) is 12.8 Å². The summed E-state index contributed by atoms with van der Waals surface area (Å²) in [6.07, 6.45) is 2.72. The van der Waals surface area contributed by atoms with Crippen molar-refractivity contribution < 1.29 is 21.1 Å². The molecule has 0 bridgehead atoms. The van der Waals surface area contributed by atoms with Gasteiger partial charge < -0.3 is 7.43 Å². The molecule has 2 atom stereocenters. The van der Waals surface area contributed by atoms with Gasteiger partial charge in [0, 0.05) is 21.1 Å². The van der Waals surface area contributed by atoms with Crippen molar-refractivity contribution >= 4 is 0 Å². The largest absolute Gasteiger partial charge is 0.358 e. The first-order chi connectivity index (χ1) is 5.79. The van der Waals surface area contributed by atoms with Crippen LogP contribution in [0.3, 0.4) is 0 Å². The second-order valence-corrected chi connectivity index (χ2v) is 4.01. The predicted molar refractivity (Wildman–Crippen MR) is 58.9 cm³/mol. The maximum atomic E-state index is 2.34. The van der Waals surface area contributed by atoms with Crippen LogP contribution in [-0.2, 0) is 21.1 Å². The van der Waals surface area contributed by atoms with Gasteiger partial charge in [0.05, 0.1) is 0 Å². The summed E-state index contributed by atoms with van der Waals surface area (Å²) in [7, 11) is 0. The van der Waals surface area contributed by atoms with Crippen molar-refractivity contribution in [2.75, 3.05) is 0 Å². The summed E-state index contributed by atoms with van der Waals surface area (Å²) in [6, 6.07) is 8.89. The number of fused-ring (bicyclic) bond motifs is 1. The molecule has 1 heteroatoms. The molecule has 0 amide bonds. The Bertz CT molecular complexity index is 251. The van der Waals surface area contributed by atoms with Crippen LogP contribution in [0, 0.1) is 7.43 Å². The molecule has 0 radical (unpaired) electrons. The zero-order valence-electron chi connectivity index (χ0n) is 9.29. The summed E-state index contributed by atoms with van der Waals surface area (Å²) in [6.45, 7) is 4.68. The molecule has 0 saturated heterocycles. The standard InChI is InChI=1S/C12H16.CH3.W/c1-9-7-8-10(2)12-6-4-3-5-11(9)12;;/h3-6,9-10H,7-8H2,1-2H3;1H3;/q;-1;. The molecule has 2 rings (SSSR count). The van der Waals surface area contributed by atoms with Crippen molar-refractivity contribution in [1.29, 1.82) is 0 Å². The number of benzene rings is 1. The second kappa shape index (κ2) is 5.71. The van der Waals surface area contributed by atoms with E-state index in [2.05, 4.69) is 38.1 Å². The molecule has 1 aliphatic rings. The molecule has 0 aromatic heterocycles. The molecular formula is C13H19W-. The Balaban J connectivity index is 0.000000845. The van der Waals surface area contributed by atoms with Crippen LogP contribution in [0.4, 0.5) is 0 Å². The Kier molecular flexibility index (Phi) is 5.67. The quantitative estimate of drug-likeness (QED) is 0.611. The van der Waals surface area contributed by atoms with Gasteiger partial charge in [-0.15, -0.1) is 0 Å². The minimum absolute atomic E-state index is 0. The first-order valence-electron chi connectivity index (χ1n) is 4.88. The van der Waals surface area contributed by atoms with Crippen LogP contribution >= 0.6 is 0 Å². The zero-order chi connectivity index (χ0) is 8.55. The van der Waals surface area contributed by atoms with E-state index >= 15 is 0 Å². The van der Waals surface area contributed by atoms with Gasteiger partial charge in [0.1, 0.15) is 0 Å². The van der Waals surface area contributed by atoms with Crippen LogP contribution in [0.5, 0.6) is 0 Å². The Hall–Kier alpha value is -0.0917. The van der Waals surface area contributed by atoms with Gasteiger partial charge in [-0.25, -0.2) is 0 Å². The van der Waals surface area contributed by atoms with Crippen LogP contribution in [0.1, 0.15) is 49.7 Å². The van der Waals surface area contributed by atoms with Crippen molar-refractivity contribution in [3.8, 4) is 0 Å². The third-order valence-electron chi connectivity index (χ3n) is 3.09. The Morgan fingerprint density at radius 3 is 1.64 bits per heavy atom. The van der Waals surface area contributed by atoms with E-state index in [0.29, 0.717) is 0 Å². The second-order valence-electron chi connectivity index (χ2n) is 4.01. The van der Waals surface area contributed by atoms with Gasteiger partial charge in [-0.3, -0.25) is 0 Å². The molecule has 0 saturated carbocycles. The first-order valence-corrected chi connectivity index (χ1v) is 4.88. The summed E-state index contributed by atoms with van der Waals surface area (Å²) < 4.78 is 0. The summed E-state index contributed by atoms with van der Waals surface area (Å²) in [5.74, 6) is 1.55. The maximum Gasteiger partial charge on any atom is 0 e. The van der Waals surface area contributed by atoms with E-state index < -0.39 is 0 Å². The molecule has 0 aliphatic heterocycles. The molecule has 0 nitrogen and oxygen atoms in total. The van der Waals surface area contributed by atoms with E-state index in [9.17, 15) is 0 Å². The van der Waals surface area contributed by atoms with Crippen LogP contribution < -0.4 is 0 Å². The number of hydrogen-bond donors (Lipinski definition) is 0. The maximum absolute atomic E-state index is 2.34. The van der Waals surface area contributed by atoms with Gasteiger partial charge in [-0.05, 0) is 35.8 Å². The summed E-state index contributed by atoms with van der Waals surface area (Å²) >= 11 is 0. The topological polar surface area (TPSA) is 0 Å². The summed E-state index contributed by atoms with van der Waals surface area (Å²) in [5.41, 5.74) is 3.16. The van der Waals surface area contributed by atoms with Crippen molar-refractivity contribution in [2.24, 2.45) is 0 Å². The molecule has 1 aromatic rings. The van der Waals surface area contributed by atoms with E-state index in [-0.39, 0.29) is 28.5 Å². The van der Waals surface area contributed by atoms with E-state index in [0.717, 1.165) is 11.8 Å². The normalized spacial score (nSPS) is 24.1. The van der Waals surface area contributed by atoms with Gasteiger partial charge in [0.2, 0.25) is 0 Å². The average molecular weight is 359 g/mol. The molecule has 78 valence electrons. The fraction of sp³-hybridized carbons (Fsp3) is 0.462. The molecule has 0 N–H and O–H groups in total. The van der Waals surface area contributed by atoms with Crippen LogP contribution in [0.15, 0.2) is 24.3 Å². The number of hydrogen-bond acceptors (Lipinski definition) is 0. The molecule has 1 aliphatic carbocycles. The molecular weight excluding hydrogens is 340 g/mol. The molecule has 1 aromatic carbocycles. The van der Waals surface area contributed by atoms with Gasteiger partial charge in [-0.2, -0.15) is 0 Å². The zero-order valence-corrected chi connectivity index (χ0v) is 12.2. The molecule has 0 spiro atoms. The minimum Gasteiger partial charge on any atom is -0.358 e. The monoisotopic (exact) mass is 359 g/mol.